The Labute approximate surface area is 802 Å². The van der Waals surface area contributed by atoms with Crippen LogP contribution in [0.2, 0.25) is 0 Å². The molecule has 0 spiro atoms. The Morgan fingerprint density at radius 1 is 0.213 bits per heavy atom. The van der Waals surface area contributed by atoms with Crippen LogP contribution in [0.5, 0.6) is 23.0 Å². The number of rotatable bonds is 21. The van der Waals surface area contributed by atoms with Gasteiger partial charge in [-0.15, -0.1) is 0 Å². The predicted octanol–water partition coefficient (Wildman–Crippen LogP) is 35.9. The number of fused-ring (bicyclic) bond motifs is 12. The molecule has 4 unspecified atom stereocenters. The van der Waals surface area contributed by atoms with Crippen molar-refractivity contribution in [3.63, 3.8) is 0 Å². The van der Waals surface area contributed by atoms with Gasteiger partial charge in [0.25, 0.3) is 0 Å². The second-order valence-electron chi connectivity index (χ2n) is 38.7. The van der Waals surface area contributed by atoms with Gasteiger partial charge in [-0.05, 0) is 316 Å². The summed E-state index contributed by atoms with van der Waals surface area (Å²) >= 11 is 0. The average molecular weight is 1760 g/mol. The molecule has 4 aliphatic rings. The van der Waals surface area contributed by atoms with Gasteiger partial charge in [0.15, 0.2) is 0 Å². The average Bonchev–Trinajstić information content (AvgIpc) is 1.53. The summed E-state index contributed by atoms with van der Waals surface area (Å²) in [6.07, 6.45) is 2.25. The third-order valence-electron chi connectivity index (χ3n) is 29.9. The molecule has 0 saturated carbocycles. The lowest BCUT2D eigenvalue weighted by molar-refractivity contribution is 0.481. The zero-order valence-electron chi connectivity index (χ0n) is 79.0. The molecule has 0 amide bonds. The summed E-state index contributed by atoms with van der Waals surface area (Å²) < 4.78 is 13.1. The van der Waals surface area contributed by atoms with Crippen molar-refractivity contribution in [3.05, 3.63) is 538 Å². The van der Waals surface area contributed by atoms with E-state index >= 15 is 0 Å². The van der Waals surface area contributed by atoms with Crippen LogP contribution in [0.25, 0.3) is 77.9 Å². The van der Waals surface area contributed by atoms with Crippen LogP contribution in [0.3, 0.4) is 0 Å². The van der Waals surface area contributed by atoms with Crippen molar-refractivity contribution in [1.29, 1.82) is 0 Å². The zero-order chi connectivity index (χ0) is 92.6. The van der Waals surface area contributed by atoms with Crippen molar-refractivity contribution in [1.82, 2.24) is 0 Å². The summed E-state index contributed by atoms with van der Waals surface area (Å²) in [5.41, 5.74) is 43.2. The standard InChI is InChI=1S/C68H55NO.C64H55NO/c1-5-46(2)47-24-26-49(27-25-47)51-30-38-57(39-31-51)70-58-40-32-53(33-41-58)68(52-18-10-7-11-19-52)64-23-15-13-21-60(64)62-43-37-56(45-66(62)68)69(54-34-28-50(29-35-54)48-16-8-6-9-17-48)55-36-42-61-59-20-12-14-22-63(59)67(3,4)65(61)44-55;1-7-44(4)45-23-31-53(32-24-45)66-54-33-25-48(26-34-54)64(49-38-42(2)37-43(3)39-49)60-20-14-12-18-56(60)58-36-30-52(41-62(58)64)65(50-27-21-47(22-28-50)46-15-9-8-10-16-46)51-29-35-57-55-17-11-13-19-59(55)63(5,6)61(57)40-51/h6-46H,5H2,1-4H3;8-41,44H,7H2,1-6H3. The molecule has 0 aromatic heterocycles. The molecule has 23 rings (SSSR count). The molecular formula is C132H110N2O2. The lowest BCUT2D eigenvalue weighted by Crippen LogP contribution is -2.29. The zero-order valence-corrected chi connectivity index (χ0v) is 79.0. The van der Waals surface area contributed by atoms with Crippen molar-refractivity contribution in [2.75, 3.05) is 9.80 Å². The summed E-state index contributed by atoms with van der Waals surface area (Å²) in [6.45, 7) is 22.9. The summed E-state index contributed by atoms with van der Waals surface area (Å²) in [4.78, 5) is 4.92. The minimum atomic E-state index is -0.613. The molecule has 0 saturated heterocycles. The van der Waals surface area contributed by atoms with E-state index in [0.29, 0.717) is 11.8 Å². The Morgan fingerprint density at radius 3 is 0.831 bits per heavy atom. The quantitative estimate of drug-likeness (QED) is 0.0716. The van der Waals surface area contributed by atoms with Crippen LogP contribution in [0, 0.1) is 13.8 Å². The number of anilines is 6. The highest BCUT2D eigenvalue weighted by Crippen LogP contribution is 2.62. The number of aryl methyl sites for hydroxylation is 2. The van der Waals surface area contributed by atoms with Crippen LogP contribution in [0.15, 0.2) is 449 Å². The van der Waals surface area contributed by atoms with Crippen LogP contribution < -0.4 is 19.3 Å². The van der Waals surface area contributed by atoms with Crippen LogP contribution in [0.1, 0.15) is 169 Å². The van der Waals surface area contributed by atoms with Gasteiger partial charge in [-0.3, -0.25) is 0 Å². The van der Waals surface area contributed by atoms with Crippen molar-refractivity contribution >= 4 is 34.1 Å². The largest absolute Gasteiger partial charge is 0.457 e. The van der Waals surface area contributed by atoms with E-state index in [2.05, 4.69) is 528 Å². The van der Waals surface area contributed by atoms with E-state index < -0.39 is 10.8 Å². The second kappa shape index (κ2) is 35.1. The molecule has 0 fully saturated rings. The molecule has 0 bridgehead atoms. The van der Waals surface area contributed by atoms with E-state index in [1.807, 2.05) is 0 Å². The van der Waals surface area contributed by atoms with E-state index in [0.717, 1.165) is 70.0 Å². The van der Waals surface area contributed by atoms with Crippen LogP contribution >= 0.6 is 0 Å². The van der Waals surface area contributed by atoms with E-state index in [1.165, 1.54) is 167 Å². The number of hydrogen-bond acceptors (Lipinski definition) is 4. The van der Waals surface area contributed by atoms with E-state index in [4.69, 9.17) is 9.47 Å². The van der Waals surface area contributed by atoms with Crippen molar-refractivity contribution < 1.29 is 9.47 Å². The first kappa shape index (κ1) is 85.8. The van der Waals surface area contributed by atoms with Crippen molar-refractivity contribution in [3.8, 4) is 101 Å². The third kappa shape index (κ3) is 14.9. The van der Waals surface area contributed by atoms with Gasteiger partial charge in [0, 0.05) is 45.0 Å². The fourth-order valence-corrected chi connectivity index (χ4v) is 22.6. The van der Waals surface area contributed by atoms with E-state index in [9.17, 15) is 0 Å². The van der Waals surface area contributed by atoms with Gasteiger partial charge in [0.1, 0.15) is 23.0 Å². The first-order valence-corrected chi connectivity index (χ1v) is 48.3. The molecule has 19 aromatic rings. The summed E-state index contributed by atoms with van der Waals surface area (Å²) in [5.74, 6) is 4.34. The van der Waals surface area contributed by atoms with E-state index in [1.54, 1.807) is 0 Å². The highest BCUT2D eigenvalue weighted by molar-refractivity contribution is 5.95. The first-order valence-electron chi connectivity index (χ1n) is 48.3. The van der Waals surface area contributed by atoms with E-state index in [-0.39, 0.29) is 10.8 Å². The normalized spacial score (nSPS) is 15.5. The third-order valence-corrected chi connectivity index (χ3v) is 29.9. The molecule has 4 atom stereocenters. The summed E-state index contributed by atoms with van der Waals surface area (Å²) in [7, 11) is 0. The van der Waals surface area contributed by atoms with Crippen LogP contribution in [0.4, 0.5) is 34.1 Å². The molecule has 0 radical (unpaired) electrons. The van der Waals surface area contributed by atoms with Gasteiger partial charge in [0.2, 0.25) is 0 Å². The topological polar surface area (TPSA) is 24.9 Å². The number of hydrogen-bond donors (Lipinski definition) is 0. The molecule has 19 aromatic carbocycles. The van der Waals surface area contributed by atoms with Gasteiger partial charge < -0.3 is 19.3 Å². The number of nitrogens with zero attached hydrogens (tertiary/aromatic N) is 2. The molecule has 0 N–H and O–H groups in total. The van der Waals surface area contributed by atoms with Gasteiger partial charge in [-0.1, -0.05) is 394 Å². The maximum atomic E-state index is 6.57. The molecule has 4 nitrogen and oxygen atoms in total. The fourth-order valence-electron chi connectivity index (χ4n) is 22.6. The smallest absolute Gasteiger partial charge is 0.127 e. The Bertz CT molecular complexity index is 7650. The lowest BCUT2D eigenvalue weighted by atomic mass is 9.67. The monoisotopic (exact) mass is 1750 g/mol. The lowest BCUT2D eigenvalue weighted by Gasteiger charge is -2.35. The van der Waals surface area contributed by atoms with Gasteiger partial charge in [-0.25, -0.2) is 0 Å². The Kier molecular flexibility index (Phi) is 22.1. The Morgan fingerprint density at radius 2 is 0.463 bits per heavy atom. The molecule has 0 heterocycles. The Balaban J connectivity index is 0.000000158. The number of ether oxygens (including phenoxy) is 2. The maximum absolute atomic E-state index is 6.57. The highest BCUT2D eigenvalue weighted by atomic mass is 16.5. The molecule has 4 aliphatic carbocycles. The van der Waals surface area contributed by atoms with Gasteiger partial charge >= 0.3 is 0 Å². The second-order valence-corrected chi connectivity index (χ2v) is 38.7. The molecule has 136 heavy (non-hydrogen) atoms. The number of benzene rings is 19. The van der Waals surface area contributed by atoms with Gasteiger partial charge in [0.05, 0.1) is 10.8 Å². The van der Waals surface area contributed by atoms with Crippen molar-refractivity contribution in [2.45, 2.75) is 116 Å². The maximum Gasteiger partial charge on any atom is 0.127 e. The first-order chi connectivity index (χ1) is 66.4. The SMILES string of the molecule is CCC(C)c1ccc(-c2ccc(Oc3ccc(C4(c5ccccc5)c5ccccc5-c5ccc(N(c6ccc(-c7ccccc7)cc6)c6ccc7c(c6)C(C)(C)c6ccccc6-7)cc54)cc3)cc2)cc1.CCC(C)c1ccc(Oc2ccc(C3(c4cc(C)cc(C)c4)c4ccccc4-c4ccc(N(c5ccc(-c6ccccc6)cc5)c5ccc6c(c5)C(C)(C)c5ccccc5-6)cc43)cc2)cc1. The molecule has 660 valence electrons. The molecular weight excluding hydrogens is 1650 g/mol. The van der Waals surface area contributed by atoms with Crippen LogP contribution in [-0.4, -0.2) is 0 Å². The van der Waals surface area contributed by atoms with Crippen LogP contribution in [-0.2, 0) is 21.7 Å². The fraction of sp³-hybridized carbons (Fsp3) is 0.136. The summed E-state index contributed by atoms with van der Waals surface area (Å²) in [6, 6.07) is 166. The highest BCUT2D eigenvalue weighted by Gasteiger charge is 2.49. The van der Waals surface area contributed by atoms with Gasteiger partial charge in [-0.2, -0.15) is 0 Å². The predicted molar refractivity (Wildman–Crippen MR) is 568 cm³/mol. The minimum absolute atomic E-state index is 0.143. The Hall–Kier alpha value is -15.6. The minimum Gasteiger partial charge on any atom is -0.457 e. The molecule has 0 aliphatic heterocycles. The summed E-state index contributed by atoms with van der Waals surface area (Å²) in [5, 5.41) is 0. The molecule has 4 heteroatoms. The van der Waals surface area contributed by atoms with Crippen molar-refractivity contribution in [2.24, 2.45) is 0 Å².